The van der Waals surface area contributed by atoms with Crippen LogP contribution in [0.25, 0.3) is 0 Å². The predicted molar refractivity (Wildman–Crippen MR) is 70.2 cm³/mol. The van der Waals surface area contributed by atoms with Crippen LogP contribution in [0.2, 0.25) is 0 Å². The van der Waals surface area contributed by atoms with E-state index in [0.717, 1.165) is 26.0 Å². The Morgan fingerprint density at radius 1 is 1.61 bits per heavy atom. The molecule has 0 radical (unpaired) electrons. The third-order valence-electron chi connectivity index (χ3n) is 3.12. The fourth-order valence-electron chi connectivity index (χ4n) is 2.20. The van der Waals surface area contributed by atoms with Gasteiger partial charge in [-0.2, -0.15) is 5.26 Å². The second-order valence-electron chi connectivity index (χ2n) is 4.62. The summed E-state index contributed by atoms with van der Waals surface area (Å²) in [4.78, 5) is 6.20. The van der Waals surface area contributed by atoms with Crippen LogP contribution in [0.15, 0.2) is 12.3 Å². The number of hydrogen-bond donors (Lipinski definition) is 1. The molecule has 1 fully saturated rings. The van der Waals surface area contributed by atoms with Crippen molar-refractivity contribution in [3.05, 3.63) is 17.8 Å². The molecule has 1 aromatic rings. The highest BCUT2D eigenvalue weighted by molar-refractivity contribution is 5.58. The molecule has 1 atom stereocenters. The first-order valence-corrected chi connectivity index (χ1v) is 6.19. The van der Waals surface area contributed by atoms with Gasteiger partial charge in [-0.15, -0.1) is 0 Å². The van der Waals surface area contributed by atoms with E-state index in [2.05, 4.69) is 11.1 Å². The highest BCUT2D eigenvalue weighted by Crippen LogP contribution is 2.20. The van der Waals surface area contributed by atoms with Crippen LogP contribution < -0.4 is 10.6 Å². The molecule has 1 aromatic heterocycles. The number of hydrogen-bond acceptors (Lipinski definition) is 5. The lowest BCUT2D eigenvalue weighted by Crippen LogP contribution is -2.34. The minimum atomic E-state index is 0.231. The summed E-state index contributed by atoms with van der Waals surface area (Å²) in [6, 6.07) is 3.78. The van der Waals surface area contributed by atoms with E-state index >= 15 is 0 Å². The van der Waals surface area contributed by atoms with Crippen molar-refractivity contribution < 1.29 is 4.74 Å². The van der Waals surface area contributed by atoms with Gasteiger partial charge in [0.1, 0.15) is 11.9 Å². The van der Waals surface area contributed by atoms with Crippen LogP contribution in [0, 0.1) is 11.3 Å². The summed E-state index contributed by atoms with van der Waals surface area (Å²) in [5.41, 5.74) is 6.65. The molecule has 1 aliphatic rings. The van der Waals surface area contributed by atoms with Gasteiger partial charge >= 0.3 is 0 Å². The number of pyridine rings is 1. The smallest absolute Gasteiger partial charge is 0.146 e. The van der Waals surface area contributed by atoms with Gasteiger partial charge in [-0.25, -0.2) is 4.98 Å². The molecule has 2 rings (SSSR count). The van der Waals surface area contributed by atoms with Crippen molar-refractivity contribution in [1.29, 1.82) is 5.26 Å². The summed E-state index contributed by atoms with van der Waals surface area (Å²) < 4.78 is 5.69. The fourth-order valence-corrected chi connectivity index (χ4v) is 2.20. The lowest BCUT2D eigenvalue weighted by molar-refractivity contribution is 0.0215. The summed E-state index contributed by atoms with van der Waals surface area (Å²) in [6.45, 7) is 1.59. The molecule has 96 valence electrons. The molecule has 1 saturated heterocycles. The zero-order chi connectivity index (χ0) is 13.0. The molecule has 0 aromatic carbocycles. The van der Waals surface area contributed by atoms with Crippen molar-refractivity contribution in [3.63, 3.8) is 0 Å². The highest BCUT2D eigenvalue weighted by atomic mass is 16.5. The van der Waals surface area contributed by atoms with Crippen molar-refractivity contribution in [1.82, 2.24) is 4.98 Å². The van der Waals surface area contributed by atoms with Crippen LogP contribution in [0.4, 0.5) is 11.5 Å². The van der Waals surface area contributed by atoms with Crippen molar-refractivity contribution >= 4 is 11.5 Å². The van der Waals surface area contributed by atoms with Crippen LogP contribution in [0.5, 0.6) is 0 Å². The van der Waals surface area contributed by atoms with Gasteiger partial charge in [0.15, 0.2) is 0 Å². The molecule has 0 saturated carbocycles. The number of aromatic nitrogens is 1. The number of nitrogens with two attached hydrogens (primary N) is 1. The summed E-state index contributed by atoms with van der Waals surface area (Å²) in [5, 5.41) is 9.09. The predicted octanol–water partition coefficient (Wildman–Crippen LogP) is 1.54. The number of ether oxygens (including phenoxy) is 1. The first-order chi connectivity index (χ1) is 8.70. The van der Waals surface area contributed by atoms with Gasteiger partial charge in [-0.05, 0) is 25.3 Å². The number of nitrogens with zero attached hydrogens (tertiary/aromatic N) is 3. The topological polar surface area (TPSA) is 75.2 Å². The Kier molecular flexibility index (Phi) is 4.00. The molecule has 0 bridgehead atoms. The van der Waals surface area contributed by atoms with Gasteiger partial charge < -0.3 is 15.4 Å². The van der Waals surface area contributed by atoms with Crippen molar-refractivity contribution in [2.75, 3.05) is 30.8 Å². The maximum absolute atomic E-state index is 9.09. The second-order valence-corrected chi connectivity index (χ2v) is 4.62. The van der Waals surface area contributed by atoms with Gasteiger partial charge in [-0.1, -0.05) is 0 Å². The third-order valence-corrected chi connectivity index (χ3v) is 3.12. The van der Waals surface area contributed by atoms with Crippen LogP contribution in [0.3, 0.4) is 0 Å². The standard InChI is InChI=1S/C13H18N4O/c1-17(9-12-4-2-3-5-18-12)13-10(7-14)6-11(15)8-16-13/h6,8,12H,2-5,9,15H2,1H3. The van der Waals surface area contributed by atoms with E-state index in [9.17, 15) is 0 Å². The Labute approximate surface area is 107 Å². The number of anilines is 2. The van der Waals surface area contributed by atoms with Crippen LogP contribution >= 0.6 is 0 Å². The molecule has 1 aliphatic heterocycles. The van der Waals surface area contributed by atoms with Crippen LogP contribution in [-0.4, -0.2) is 31.3 Å². The van der Waals surface area contributed by atoms with Crippen LogP contribution in [0.1, 0.15) is 24.8 Å². The monoisotopic (exact) mass is 246 g/mol. The molecule has 5 nitrogen and oxygen atoms in total. The van der Waals surface area contributed by atoms with Crippen molar-refractivity contribution in [3.8, 4) is 6.07 Å². The SMILES string of the molecule is CN(CC1CCCCO1)c1ncc(N)cc1C#N. The number of rotatable bonds is 3. The first-order valence-electron chi connectivity index (χ1n) is 6.19. The molecule has 5 heteroatoms. The summed E-state index contributed by atoms with van der Waals surface area (Å²) in [7, 11) is 1.93. The Bertz CT molecular complexity index is 449. The van der Waals surface area contributed by atoms with E-state index in [0.29, 0.717) is 17.1 Å². The zero-order valence-electron chi connectivity index (χ0n) is 10.6. The lowest BCUT2D eigenvalue weighted by Gasteiger charge is -2.28. The zero-order valence-corrected chi connectivity index (χ0v) is 10.6. The summed E-state index contributed by atoms with van der Waals surface area (Å²) in [5.74, 6) is 0.667. The minimum absolute atomic E-state index is 0.231. The Hall–Kier alpha value is -1.80. The van der Waals surface area contributed by atoms with Crippen molar-refractivity contribution in [2.45, 2.75) is 25.4 Å². The molecule has 18 heavy (non-hydrogen) atoms. The fraction of sp³-hybridized carbons (Fsp3) is 0.538. The molecule has 0 amide bonds. The van der Waals surface area contributed by atoms with E-state index in [1.165, 1.54) is 6.42 Å². The molecule has 0 spiro atoms. The number of nitriles is 1. The number of nitrogen functional groups attached to an aromatic ring is 1. The normalized spacial score (nSPS) is 19.2. The van der Waals surface area contributed by atoms with E-state index in [4.69, 9.17) is 15.7 Å². The van der Waals surface area contributed by atoms with Gasteiger partial charge in [0.05, 0.1) is 23.6 Å². The largest absolute Gasteiger partial charge is 0.397 e. The average molecular weight is 246 g/mol. The number of likely N-dealkylation sites (N-methyl/N-ethyl adjacent to an activating group) is 1. The van der Waals surface area contributed by atoms with E-state index in [1.807, 2.05) is 11.9 Å². The molecule has 2 heterocycles. The molecule has 0 aliphatic carbocycles. The summed E-state index contributed by atoms with van der Waals surface area (Å²) >= 11 is 0. The molecular formula is C13H18N4O. The van der Waals surface area contributed by atoms with Crippen LogP contribution in [-0.2, 0) is 4.74 Å². The Morgan fingerprint density at radius 3 is 3.11 bits per heavy atom. The molecular weight excluding hydrogens is 228 g/mol. The van der Waals surface area contributed by atoms with E-state index in [1.54, 1.807) is 12.3 Å². The minimum Gasteiger partial charge on any atom is -0.397 e. The first kappa shape index (κ1) is 12.7. The van der Waals surface area contributed by atoms with E-state index in [-0.39, 0.29) is 6.10 Å². The van der Waals surface area contributed by atoms with Gasteiger partial charge in [-0.3, -0.25) is 0 Å². The summed E-state index contributed by atoms with van der Waals surface area (Å²) in [6.07, 6.45) is 5.23. The van der Waals surface area contributed by atoms with Crippen molar-refractivity contribution in [2.24, 2.45) is 0 Å². The Morgan fingerprint density at radius 2 is 2.44 bits per heavy atom. The highest BCUT2D eigenvalue weighted by Gasteiger charge is 2.18. The maximum Gasteiger partial charge on any atom is 0.146 e. The molecule has 2 N–H and O–H groups in total. The maximum atomic E-state index is 9.09. The quantitative estimate of drug-likeness (QED) is 0.875. The second kappa shape index (κ2) is 5.69. The van der Waals surface area contributed by atoms with Gasteiger partial charge in [0.25, 0.3) is 0 Å². The third kappa shape index (κ3) is 2.90. The van der Waals surface area contributed by atoms with E-state index < -0.39 is 0 Å². The average Bonchev–Trinajstić information content (AvgIpc) is 2.39. The van der Waals surface area contributed by atoms with Gasteiger partial charge in [0.2, 0.25) is 0 Å². The van der Waals surface area contributed by atoms with Gasteiger partial charge in [0, 0.05) is 20.2 Å². The Balaban J connectivity index is 2.08. The lowest BCUT2D eigenvalue weighted by atomic mass is 10.1. The molecule has 1 unspecified atom stereocenters.